The third-order valence-electron chi connectivity index (χ3n) is 6.31. The number of anilines is 1. The summed E-state index contributed by atoms with van der Waals surface area (Å²) in [5, 5.41) is 0.678. The summed E-state index contributed by atoms with van der Waals surface area (Å²) in [6.07, 6.45) is 0.276. The zero-order chi connectivity index (χ0) is 25.0. The number of sulfonamides is 1. The van der Waals surface area contributed by atoms with Crippen molar-refractivity contribution < 1.29 is 13.2 Å². The average molecular weight is 512 g/mol. The molecule has 1 amide bonds. The molecule has 1 fully saturated rings. The molecule has 4 rings (SSSR count). The topological polar surface area (TPSA) is 69.7 Å². The van der Waals surface area contributed by atoms with Gasteiger partial charge in [0, 0.05) is 36.9 Å². The Morgan fingerprint density at radius 2 is 1.60 bits per heavy atom. The Morgan fingerprint density at radius 1 is 0.943 bits per heavy atom. The van der Waals surface area contributed by atoms with E-state index in [1.807, 2.05) is 62.4 Å². The van der Waals surface area contributed by atoms with Crippen molar-refractivity contribution >= 4 is 33.2 Å². The molecule has 0 aromatic heterocycles. The highest BCUT2D eigenvalue weighted by Crippen LogP contribution is 2.25. The summed E-state index contributed by atoms with van der Waals surface area (Å²) in [5.74, 6) is -0.216. The van der Waals surface area contributed by atoms with Crippen molar-refractivity contribution in [3.63, 3.8) is 0 Å². The molecule has 0 bridgehead atoms. The van der Waals surface area contributed by atoms with Crippen LogP contribution in [0.25, 0.3) is 0 Å². The van der Waals surface area contributed by atoms with Crippen molar-refractivity contribution in [2.24, 2.45) is 0 Å². The molecule has 1 atom stereocenters. The largest absolute Gasteiger partial charge is 0.368 e. The first-order valence-corrected chi connectivity index (χ1v) is 13.5. The standard InChI is InChI=1S/C27H30ClN3O3S/c1-20-8-12-24(13-9-20)35(33,34)29-25(18-22-6-4-3-5-7-22)27(32)31-16-14-30(15-17-31)26-19-23(28)11-10-21(26)2/h3-13,19,25,29H,14-18H2,1-2H3/t25-/m1/s1. The number of nitrogens with zero attached hydrogens (tertiary/aromatic N) is 2. The highest BCUT2D eigenvalue weighted by atomic mass is 35.5. The van der Waals surface area contributed by atoms with E-state index in [-0.39, 0.29) is 17.2 Å². The van der Waals surface area contributed by atoms with Crippen LogP contribution in [0.15, 0.2) is 77.7 Å². The molecule has 1 aliphatic heterocycles. The van der Waals surface area contributed by atoms with Crippen LogP contribution in [-0.4, -0.2) is 51.4 Å². The number of piperazine rings is 1. The zero-order valence-electron chi connectivity index (χ0n) is 19.9. The lowest BCUT2D eigenvalue weighted by Crippen LogP contribution is -2.55. The highest BCUT2D eigenvalue weighted by Gasteiger charge is 2.31. The van der Waals surface area contributed by atoms with E-state index in [1.54, 1.807) is 29.2 Å². The van der Waals surface area contributed by atoms with Gasteiger partial charge in [-0.3, -0.25) is 4.79 Å². The number of amides is 1. The number of aryl methyl sites for hydroxylation is 2. The maximum atomic E-state index is 13.6. The lowest BCUT2D eigenvalue weighted by atomic mass is 10.1. The molecule has 35 heavy (non-hydrogen) atoms. The van der Waals surface area contributed by atoms with Crippen LogP contribution in [-0.2, 0) is 21.2 Å². The Morgan fingerprint density at radius 3 is 2.26 bits per heavy atom. The van der Waals surface area contributed by atoms with Crippen LogP contribution in [0.4, 0.5) is 5.69 Å². The van der Waals surface area contributed by atoms with Gasteiger partial charge in [-0.1, -0.05) is 65.7 Å². The maximum absolute atomic E-state index is 13.6. The smallest absolute Gasteiger partial charge is 0.241 e. The van der Waals surface area contributed by atoms with Gasteiger partial charge in [0.15, 0.2) is 0 Å². The van der Waals surface area contributed by atoms with E-state index < -0.39 is 16.1 Å². The quantitative estimate of drug-likeness (QED) is 0.516. The van der Waals surface area contributed by atoms with Crippen molar-refractivity contribution in [1.29, 1.82) is 0 Å². The van der Waals surface area contributed by atoms with Gasteiger partial charge in [0.2, 0.25) is 15.9 Å². The molecule has 0 unspecified atom stereocenters. The van der Waals surface area contributed by atoms with E-state index >= 15 is 0 Å². The number of nitrogens with one attached hydrogen (secondary N) is 1. The van der Waals surface area contributed by atoms with Gasteiger partial charge in [-0.05, 0) is 55.7 Å². The molecule has 1 saturated heterocycles. The van der Waals surface area contributed by atoms with E-state index in [9.17, 15) is 13.2 Å². The van der Waals surface area contributed by atoms with Crippen LogP contribution in [0.1, 0.15) is 16.7 Å². The minimum absolute atomic E-state index is 0.148. The van der Waals surface area contributed by atoms with E-state index in [0.29, 0.717) is 31.2 Å². The number of benzene rings is 3. The van der Waals surface area contributed by atoms with Crippen molar-refractivity contribution in [3.05, 3.63) is 94.5 Å². The van der Waals surface area contributed by atoms with Crippen molar-refractivity contribution in [2.45, 2.75) is 31.2 Å². The summed E-state index contributed by atoms with van der Waals surface area (Å²) in [4.78, 5) is 17.7. The molecule has 0 spiro atoms. The predicted octanol–water partition coefficient (Wildman–Crippen LogP) is 4.20. The third kappa shape index (κ3) is 6.23. The summed E-state index contributed by atoms with van der Waals surface area (Å²) in [5.41, 5.74) is 4.05. The molecule has 184 valence electrons. The van der Waals surface area contributed by atoms with Gasteiger partial charge >= 0.3 is 0 Å². The molecule has 0 radical (unpaired) electrons. The van der Waals surface area contributed by atoms with Crippen molar-refractivity contribution in [1.82, 2.24) is 9.62 Å². The molecule has 8 heteroatoms. The van der Waals surface area contributed by atoms with E-state index in [0.717, 1.165) is 22.4 Å². The van der Waals surface area contributed by atoms with E-state index in [2.05, 4.69) is 9.62 Å². The molecule has 1 aliphatic rings. The number of carbonyl (C=O) groups is 1. The second-order valence-corrected chi connectivity index (χ2v) is 11.1. The molecule has 3 aromatic rings. The minimum Gasteiger partial charge on any atom is -0.368 e. The van der Waals surface area contributed by atoms with Gasteiger partial charge in [0.1, 0.15) is 6.04 Å². The summed E-state index contributed by atoms with van der Waals surface area (Å²) in [6, 6.07) is 21.0. The molecular formula is C27H30ClN3O3S. The molecular weight excluding hydrogens is 482 g/mol. The van der Waals surface area contributed by atoms with Crippen molar-refractivity contribution in [3.8, 4) is 0 Å². The number of halogens is 1. The summed E-state index contributed by atoms with van der Waals surface area (Å²) >= 11 is 6.20. The zero-order valence-corrected chi connectivity index (χ0v) is 21.5. The van der Waals surface area contributed by atoms with Gasteiger partial charge in [-0.15, -0.1) is 0 Å². The van der Waals surface area contributed by atoms with Crippen LogP contribution in [0, 0.1) is 13.8 Å². The second kappa shape index (κ2) is 10.8. The highest BCUT2D eigenvalue weighted by molar-refractivity contribution is 7.89. The lowest BCUT2D eigenvalue weighted by Gasteiger charge is -2.38. The molecule has 3 aromatic carbocycles. The third-order valence-corrected chi connectivity index (χ3v) is 8.04. The average Bonchev–Trinajstić information content (AvgIpc) is 2.85. The Hall–Kier alpha value is -2.87. The Bertz CT molecular complexity index is 1270. The summed E-state index contributed by atoms with van der Waals surface area (Å²) in [6.45, 7) is 6.24. The predicted molar refractivity (Wildman–Crippen MR) is 140 cm³/mol. The number of hydrogen-bond acceptors (Lipinski definition) is 4. The van der Waals surface area contributed by atoms with E-state index in [1.165, 1.54) is 0 Å². The molecule has 0 saturated carbocycles. The molecule has 1 N–H and O–H groups in total. The SMILES string of the molecule is Cc1ccc(S(=O)(=O)N[C@H](Cc2ccccc2)C(=O)N2CCN(c3cc(Cl)ccc3C)CC2)cc1. The normalized spacial score (nSPS) is 15.2. The van der Waals surface area contributed by atoms with Gasteiger partial charge < -0.3 is 9.80 Å². The fourth-order valence-electron chi connectivity index (χ4n) is 4.31. The molecule has 1 heterocycles. The van der Waals surface area contributed by atoms with Crippen LogP contribution in [0.2, 0.25) is 5.02 Å². The van der Waals surface area contributed by atoms with Crippen molar-refractivity contribution in [2.75, 3.05) is 31.1 Å². The number of rotatable bonds is 7. The second-order valence-electron chi connectivity index (χ2n) is 8.92. The first kappa shape index (κ1) is 25.2. The first-order valence-electron chi connectivity index (χ1n) is 11.7. The fraction of sp³-hybridized carbons (Fsp3) is 0.296. The maximum Gasteiger partial charge on any atom is 0.241 e. The Labute approximate surface area is 212 Å². The molecule has 6 nitrogen and oxygen atoms in total. The molecule has 0 aliphatic carbocycles. The van der Waals surface area contributed by atoms with Gasteiger partial charge in [0.05, 0.1) is 4.90 Å². The summed E-state index contributed by atoms with van der Waals surface area (Å²) in [7, 11) is -3.87. The minimum atomic E-state index is -3.87. The Balaban J connectivity index is 1.51. The van der Waals surface area contributed by atoms with Crippen LogP contribution in [0.3, 0.4) is 0 Å². The van der Waals surface area contributed by atoms with Gasteiger partial charge in [-0.25, -0.2) is 8.42 Å². The van der Waals surface area contributed by atoms with Crippen LogP contribution < -0.4 is 9.62 Å². The monoisotopic (exact) mass is 511 g/mol. The van der Waals surface area contributed by atoms with Crippen LogP contribution in [0.5, 0.6) is 0 Å². The van der Waals surface area contributed by atoms with Gasteiger partial charge in [-0.2, -0.15) is 4.72 Å². The van der Waals surface area contributed by atoms with Crippen LogP contribution >= 0.6 is 11.6 Å². The number of carbonyl (C=O) groups excluding carboxylic acids is 1. The first-order chi connectivity index (χ1) is 16.7. The van der Waals surface area contributed by atoms with Gasteiger partial charge in [0.25, 0.3) is 0 Å². The Kier molecular flexibility index (Phi) is 7.79. The summed E-state index contributed by atoms with van der Waals surface area (Å²) < 4.78 is 29.0. The number of hydrogen-bond donors (Lipinski definition) is 1. The fourth-order valence-corrected chi connectivity index (χ4v) is 5.67. The van der Waals surface area contributed by atoms with E-state index in [4.69, 9.17) is 11.6 Å². The lowest BCUT2D eigenvalue weighted by molar-refractivity contribution is -0.133.